The van der Waals surface area contributed by atoms with Crippen molar-refractivity contribution in [2.75, 3.05) is 13.2 Å². The van der Waals surface area contributed by atoms with Crippen LogP contribution in [0.15, 0.2) is 122 Å². The van der Waals surface area contributed by atoms with E-state index in [1.165, 1.54) is 116 Å². The van der Waals surface area contributed by atoms with Gasteiger partial charge in [0, 0.05) is 19.3 Å². The van der Waals surface area contributed by atoms with E-state index in [4.69, 9.17) is 14.2 Å². The molecule has 0 aliphatic heterocycles. The van der Waals surface area contributed by atoms with Crippen LogP contribution in [0.1, 0.15) is 290 Å². The minimum absolute atomic E-state index is 0.0863. The van der Waals surface area contributed by atoms with Crippen molar-refractivity contribution >= 4 is 17.9 Å². The average Bonchev–Trinajstić information content (AvgIpc) is 3.43. The molecule has 0 saturated heterocycles. The van der Waals surface area contributed by atoms with Gasteiger partial charge >= 0.3 is 17.9 Å². The first-order chi connectivity index (χ1) is 38.0. The summed E-state index contributed by atoms with van der Waals surface area (Å²) in [7, 11) is 0. The van der Waals surface area contributed by atoms with Crippen LogP contribution in [0.5, 0.6) is 0 Å². The van der Waals surface area contributed by atoms with Gasteiger partial charge in [-0.3, -0.25) is 14.4 Å². The summed E-state index contributed by atoms with van der Waals surface area (Å²) < 4.78 is 16.9. The molecule has 0 heterocycles. The van der Waals surface area contributed by atoms with E-state index in [1.54, 1.807) is 0 Å². The predicted octanol–water partition coefficient (Wildman–Crippen LogP) is 22.0. The predicted molar refractivity (Wildman–Crippen MR) is 334 cm³/mol. The van der Waals surface area contributed by atoms with E-state index in [0.717, 1.165) is 135 Å². The molecule has 0 N–H and O–H groups in total. The maximum absolute atomic E-state index is 12.9. The second-order valence-electron chi connectivity index (χ2n) is 20.9. The lowest BCUT2D eigenvalue weighted by Crippen LogP contribution is -2.30. The Bertz CT molecular complexity index is 1600. The van der Waals surface area contributed by atoms with E-state index < -0.39 is 6.10 Å². The second-order valence-corrected chi connectivity index (χ2v) is 20.9. The van der Waals surface area contributed by atoms with Crippen LogP contribution in [0.3, 0.4) is 0 Å². The number of esters is 3. The highest BCUT2D eigenvalue weighted by Crippen LogP contribution is 2.16. The molecule has 0 aliphatic carbocycles. The molecule has 6 heteroatoms. The van der Waals surface area contributed by atoms with Crippen LogP contribution in [0, 0.1) is 0 Å². The Hall–Kier alpha value is -4.19. The van der Waals surface area contributed by atoms with Crippen molar-refractivity contribution in [2.24, 2.45) is 0 Å². The van der Waals surface area contributed by atoms with Gasteiger partial charge in [-0.2, -0.15) is 0 Å². The third-order valence-corrected chi connectivity index (χ3v) is 13.5. The fraction of sp³-hybridized carbons (Fsp3) is 0.676. The molecule has 0 amide bonds. The van der Waals surface area contributed by atoms with Crippen LogP contribution in [-0.2, 0) is 28.6 Å². The van der Waals surface area contributed by atoms with E-state index >= 15 is 0 Å². The third-order valence-electron chi connectivity index (χ3n) is 13.5. The maximum atomic E-state index is 12.9. The van der Waals surface area contributed by atoms with Crippen molar-refractivity contribution in [3.05, 3.63) is 122 Å². The van der Waals surface area contributed by atoms with Gasteiger partial charge in [0.2, 0.25) is 0 Å². The molecule has 0 spiro atoms. The van der Waals surface area contributed by atoms with Crippen molar-refractivity contribution in [1.29, 1.82) is 0 Å². The standard InChI is InChI=1S/C71H118O6/c1-4-7-10-13-16-19-22-25-27-29-31-33-35-37-39-41-43-46-49-52-55-58-61-64-70(73)76-67-68(66-75-69(72)63-60-57-54-51-48-45-24-21-18-15-12-9-6-3)77-71(74)65-62-59-56-53-50-47-44-42-40-38-36-34-32-30-28-26-23-20-17-14-11-8-5-2/h7-8,10-11,16-17,19-20,25-28,31-34,37-40,68H,4-6,9,12-15,18,21-24,29-30,35-36,41-67H2,1-3H3/b10-7-,11-8-,19-16-,20-17-,27-25-,28-26-,33-31-,34-32-,39-37-,40-38-. The molecular weight excluding hydrogens is 949 g/mol. The first kappa shape index (κ1) is 72.8. The van der Waals surface area contributed by atoms with Crippen molar-refractivity contribution < 1.29 is 28.6 Å². The highest BCUT2D eigenvalue weighted by Gasteiger charge is 2.19. The van der Waals surface area contributed by atoms with Crippen molar-refractivity contribution in [3.63, 3.8) is 0 Å². The summed E-state index contributed by atoms with van der Waals surface area (Å²) in [6, 6.07) is 0. The number of allylic oxidation sites excluding steroid dienone is 20. The van der Waals surface area contributed by atoms with Crippen LogP contribution in [0.25, 0.3) is 0 Å². The van der Waals surface area contributed by atoms with Gasteiger partial charge in [-0.05, 0) is 109 Å². The Labute approximate surface area is 475 Å². The summed E-state index contributed by atoms with van der Waals surface area (Å²) in [5, 5.41) is 0. The number of rotatable bonds is 57. The van der Waals surface area contributed by atoms with Gasteiger partial charge in [0.15, 0.2) is 6.10 Å². The van der Waals surface area contributed by atoms with Crippen LogP contribution < -0.4 is 0 Å². The van der Waals surface area contributed by atoms with E-state index in [2.05, 4.69) is 142 Å². The Kier molecular flexibility index (Phi) is 60.8. The highest BCUT2D eigenvalue weighted by molar-refractivity contribution is 5.71. The fourth-order valence-corrected chi connectivity index (χ4v) is 8.73. The minimum Gasteiger partial charge on any atom is -0.462 e. The molecule has 6 nitrogen and oxygen atoms in total. The third kappa shape index (κ3) is 62.5. The summed E-state index contributed by atoms with van der Waals surface area (Å²) in [5.74, 6) is -0.903. The number of carbonyl (C=O) groups is 3. The quantitative estimate of drug-likeness (QED) is 0.0261. The monoisotopic (exact) mass is 1070 g/mol. The second kappa shape index (κ2) is 64.3. The average molecular weight is 1070 g/mol. The van der Waals surface area contributed by atoms with Crippen LogP contribution >= 0.6 is 0 Å². The topological polar surface area (TPSA) is 78.9 Å². The fourth-order valence-electron chi connectivity index (χ4n) is 8.73. The molecule has 0 saturated carbocycles. The highest BCUT2D eigenvalue weighted by atomic mass is 16.6. The number of hydrogen-bond acceptors (Lipinski definition) is 6. The minimum atomic E-state index is -0.792. The zero-order chi connectivity index (χ0) is 55.7. The Balaban J connectivity index is 4.40. The Morgan fingerprint density at radius 1 is 0.273 bits per heavy atom. The van der Waals surface area contributed by atoms with Crippen LogP contribution in [-0.4, -0.2) is 37.2 Å². The molecule has 77 heavy (non-hydrogen) atoms. The lowest BCUT2D eigenvalue weighted by Gasteiger charge is -2.18. The molecule has 438 valence electrons. The number of unbranched alkanes of at least 4 members (excludes halogenated alkanes) is 26. The summed E-state index contributed by atoms with van der Waals surface area (Å²) in [5.41, 5.74) is 0. The smallest absolute Gasteiger partial charge is 0.306 e. The normalized spacial score (nSPS) is 12.9. The summed E-state index contributed by atoms with van der Waals surface area (Å²) in [6.07, 6.45) is 89.1. The first-order valence-corrected chi connectivity index (χ1v) is 32.0. The number of hydrogen-bond donors (Lipinski definition) is 0. The summed E-state index contributed by atoms with van der Waals surface area (Å²) >= 11 is 0. The number of ether oxygens (including phenoxy) is 3. The lowest BCUT2D eigenvalue weighted by molar-refractivity contribution is -0.167. The van der Waals surface area contributed by atoms with E-state index in [0.29, 0.717) is 19.3 Å². The molecule has 0 rings (SSSR count). The summed E-state index contributed by atoms with van der Waals surface area (Å²) in [4.78, 5) is 38.3. The number of carbonyl (C=O) groups excluding carboxylic acids is 3. The molecule has 0 aromatic rings. The largest absolute Gasteiger partial charge is 0.462 e. The molecule has 0 radical (unpaired) electrons. The van der Waals surface area contributed by atoms with Gasteiger partial charge in [0.1, 0.15) is 13.2 Å². The van der Waals surface area contributed by atoms with Gasteiger partial charge in [0.25, 0.3) is 0 Å². The molecule has 0 bridgehead atoms. The van der Waals surface area contributed by atoms with Crippen molar-refractivity contribution in [3.8, 4) is 0 Å². The van der Waals surface area contributed by atoms with E-state index in [-0.39, 0.29) is 31.1 Å². The zero-order valence-corrected chi connectivity index (χ0v) is 50.2. The first-order valence-electron chi connectivity index (χ1n) is 32.0. The summed E-state index contributed by atoms with van der Waals surface area (Å²) in [6.45, 7) is 6.41. The van der Waals surface area contributed by atoms with Crippen molar-refractivity contribution in [2.45, 2.75) is 297 Å². The van der Waals surface area contributed by atoms with Gasteiger partial charge in [-0.15, -0.1) is 0 Å². The maximum Gasteiger partial charge on any atom is 0.306 e. The van der Waals surface area contributed by atoms with Crippen molar-refractivity contribution in [1.82, 2.24) is 0 Å². The molecule has 0 aromatic carbocycles. The van der Waals surface area contributed by atoms with E-state index in [9.17, 15) is 14.4 Å². The zero-order valence-electron chi connectivity index (χ0n) is 50.2. The molecule has 1 atom stereocenters. The SMILES string of the molecule is CC/C=C\C/C=C\C/C=C\C/C=C\C/C=C\CCCCCCCCCC(=O)OCC(COC(=O)CCCCCCCCCCCCCCC)OC(=O)CCCCCCCCC/C=C\C/C=C\C/C=C\C/C=C\C/C=C\CC. The van der Waals surface area contributed by atoms with Gasteiger partial charge in [-0.25, -0.2) is 0 Å². The van der Waals surface area contributed by atoms with E-state index in [1.807, 2.05) is 0 Å². The van der Waals surface area contributed by atoms with Gasteiger partial charge in [0.05, 0.1) is 0 Å². The van der Waals surface area contributed by atoms with Crippen LogP contribution in [0.4, 0.5) is 0 Å². The Morgan fingerprint density at radius 3 is 0.792 bits per heavy atom. The molecular formula is C71H118O6. The Morgan fingerprint density at radius 2 is 0.506 bits per heavy atom. The molecule has 1 unspecified atom stereocenters. The van der Waals surface area contributed by atoms with Crippen LogP contribution in [0.2, 0.25) is 0 Å². The van der Waals surface area contributed by atoms with Gasteiger partial charge in [-0.1, -0.05) is 284 Å². The lowest BCUT2D eigenvalue weighted by atomic mass is 10.0. The molecule has 0 fully saturated rings. The molecule has 0 aliphatic rings. The van der Waals surface area contributed by atoms with Gasteiger partial charge < -0.3 is 14.2 Å². The molecule has 0 aromatic heterocycles.